The third-order valence-corrected chi connectivity index (χ3v) is 6.34. The maximum Gasteiger partial charge on any atom is 0.229 e. The Bertz CT molecular complexity index is 1030. The Balaban J connectivity index is 1.23. The lowest BCUT2D eigenvalue weighted by Crippen LogP contribution is -2.57. The van der Waals surface area contributed by atoms with E-state index in [4.69, 9.17) is 0 Å². The molecule has 7 nitrogen and oxygen atoms in total. The number of rotatable bonds is 5. The molecule has 2 N–H and O–H groups in total. The number of para-hydroxylation sites is 1. The molecule has 1 amide bonds. The average molecular weight is 403 g/mol. The van der Waals surface area contributed by atoms with Crippen LogP contribution in [0, 0.1) is 11.8 Å². The van der Waals surface area contributed by atoms with Crippen LogP contribution in [0.4, 0.5) is 5.69 Å². The van der Waals surface area contributed by atoms with Gasteiger partial charge in [-0.1, -0.05) is 35.5 Å². The molecule has 3 aliphatic rings. The lowest BCUT2D eigenvalue weighted by molar-refractivity contribution is -0.127. The summed E-state index contributed by atoms with van der Waals surface area (Å²) in [5, 5.41) is 21.3. The molecule has 2 bridgehead atoms. The molecule has 1 unspecified atom stereocenters. The van der Waals surface area contributed by atoms with Gasteiger partial charge in [-0.05, 0) is 49.6 Å². The second-order valence-electron chi connectivity index (χ2n) is 8.27. The van der Waals surface area contributed by atoms with Gasteiger partial charge in [-0.3, -0.25) is 14.4 Å². The van der Waals surface area contributed by atoms with Gasteiger partial charge < -0.3 is 10.4 Å². The first-order valence-corrected chi connectivity index (χ1v) is 10.5. The molecule has 154 valence electrons. The van der Waals surface area contributed by atoms with E-state index in [1.165, 1.54) is 0 Å². The van der Waals surface area contributed by atoms with E-state index in [1.807, 2.05) is 47.3 Å². The summed E-state index contributed by atoms with van der Waals surface area (Å²) in [7, 11) is 0. The van der Waals surface area contributed by atoms with Gasteiger partial charge in [-0.25, -0.2) is 0 Å². The SMILES string of the molecule is O=C(Nc1ccccc1)[C@@H]1CN2CC[C@H]1C[C@@H]2Cn1cc(-c2cccc(O)c2)nn1. The summed E-state index contributed by atoms with van der Waals surface area (Å²) in [6.45, 7) is 2.58. The van der Waals surface area contributed by atoms with Crippen LogP contribution in [0.5, 0.6) is 5.75 Å². The summed E-state index contributed by atoms with van der Waals surface area (Å²) in [6, 6.07) is 17.1. The number of anilines is 1. The number of phenolic OH excluding ortho intramolecular Hbond substituents is 1. The van der Waals surface area contributed by atoms with Gasteiger partial charge in [0.05, 0.1) is 18.7 Å². The standard InChI is InChI=1S/C23H25N5O2/c29-20-8-4-5-17(12-20)22-15-28(26-25-22)13-19-11-16-9-10-27(19)14-21(16)23(30)24-18-6-2-1-3-7-18/h1-8,12,15-16,19,21,29H,9-11,13-14H2,(H,24,30)/t16-,19+,21+/m0/s1. The highest BCUT2D eigenvalue weighted by atomic mass is 16.3. The van der Waals surface area contributed by atoms with Gasteiger partial charge >= 0.3 is 0 Å². The van der Waals surface area contributed by atoms with Gasteiger partial charge in [-0.2, -0.15) is 0 Å². The van der Waals surface area contributed by atoms with Crippen LogP contribution in [0.2, 0.25) is 0 Å². The number of amides is 1. The summed E-state index contributed by atoms with van der Waals surface area (Å²) in [4.78, 5) is 15.2. The highest BCUT2D eigenvalue weighted by molar-refractivity contribution is 5.93. The minimum atomic E-state index is 0.0359. The first kappa shape index (κ1) is 18.8. The van der Waals surface area contributed by atoms with E-state index in [1.54, 1.807) is 18.2 Å². The Kier molecular flexibility index (Phi) is 4.96. The molecule has 3 fully saturated rings. The van der Waals surface area contributed by atoms with Crippen LogP contribution in [0.25, 0.3) is 11.3 Å². The molecule has 3 aromatic rings. The van der Waals surface area contributed by atoms with E-state index < -0.39 is 0 Å². The van der Waals surface area contributed by atoms with E-state index in [0.717, 1.165) is 49.4 Å². The first-order chi connectivity index (χ1) is 14.7. The quantitative estimate of drug-likeness (QED) is 0.684. The molecule has 30 heavy (non-hydrogen) atoms. The van der Waals surface area contributed by atoms with Crippen molar-refractivity contribution in [1.29, 1.82) is 0 Å². The minimum absolute atomic E-state index is 0.0359. The van der Waals surface area contributed by atoms with E-state index in [9.17, 15) is 9.90 Å². The molecule has 3 saturated heterocycles. The monoisotopic (exact) mass is 403 g/mol. The van der Waals surface area contributed by atoms with Crippen molar-refractivity contribution < 1.29 is 9.90 Å². The van der Waals surface area contributed by atoms with E-state index in [0.29, 0.717) is 12.0 Å². The normalized spacial score (nSPS) is 25.2. The summed E-state index contributed by atoms with van der Waals surface area (Å²) in [5.41, 5.74) is 2.46. The zero-order valence-corrected chi connectivity index (χ0v) is 16.7. The molecule has 4 atom stereocenters. The summed E-state index contributed by atoms with van der Waals surface area (Å²) >= 11 is 0. The molecule has 2 aromatic carbocycles. The van der Waals surface area contributed by atoms with Gasteiger partial charge in [0.2, 0.25) is 5.91 Å². The van der Waals surface area contributed by atoms with Crippen molar-refractivity contribution >= 4 is 11.6 Å². The fourth-order valence-electron chi connectivity index (χ4n) is 4.78. The summed E-state index contributed by atoms with van der Waals surface area (Å²) in [5.74, 6) is 0.783. The Morgan fingerprint density at radius 1 is 1.17 bits per heavy atom. The van der Waals surface area contributed by atoms with Crippen molar-refractivity contribution in [2.24, 2.45) is 11.8 Å². The fourth-order valence-corrected chi connectivity index (χ4v) is 4.78. The molecule has 6 rings (SSSR count). The van der Waals surface area contributed by atoms with E-state index >= 15 is 0 Å². The number of carbonyl (C=O) groups is 1. The number of aromatic hydroxyl groups is 1. The van der Waals surface area contributed by atoms with E-state index in [-0.39, 0.29) is 17.6 Å². The fraction of sp³-hybridized carbons (Fsp3) is 0.348. The van der Waals surface area contributed by atoms with Crippen LogP contribution in [-0.4, -0.2) is 50.0 Å². The van der Waals surface area contributed by atoms with Crippen LogP contribution in [0.15, 0.2) is 60.8 Å². The Hall–Kier alpha value is -3.19. The van der Waals surface area contributed by atoms with Crippen molar-refractivity contribution in [3.63, 3.8) is 0 Å². The number of nitrogens with one attached hydrogen (secondary N) is 1. The Morgan fingerprint density at radius 2 is 2.03 bits per heavy atom. The number of aromatic nitrogens is 3. The first-order valence-electron chi connectivity index (χ1n) is 10.5. The number of nitrogens with zero attached hydrogens (tertiary/aromatic N) is 4. The smallest absolute Gasteiger partial charge is 0.229 e. The number of hydrogen-bond acceptors (Lipinski definition) is 5. The van der Waals surface area contributed by atoms with Crippen LogP contribution in [-0.2, 0) is 11.3 Å². The van der Waals surface area contributed by atoms with Crippen molar-refractivity contribution in [3.8, 4) is 17.0 Å². The molecule has 1 aromatic heterocycles. The molecule has 0 saturated carbocycles. The van der Waals surface area contributed by atoms with Crippen LogP contribution < -0.4 is 5.32 Å². The number of phenols is 1. The maximum atomic E-state index is 12.8. The number of fused-ring (bicyclic) bond motifs is 3. The molecule has 0 radical (unpaired) electrons. The molecule has 0 spiro atoms. The second kappa shape index (κ2) is 7.91. The molecule has 4 heterocycles. The number of piperidine rings is 3. The van der Waals surface area contributed by atoms with E-state index in [2.05, 4.69) is 20.5 Å². The topological polar surface area (TPSA) is 83.3 Å². The van der Waals surface area contributed by atoms with Crippen molar-refractivity contribution in [2.45, 2.75) is 25.4 Å². The number of benzene rings is 2. The van der Waals surface area contributed by atoms with Gasteiger partial charge in [0.25, 0.3) is 0 Å². The van der Waals surface area contributed by atoms with Crippen LogP contribution in [0.1, 0.15) is 12.8 Å². The predicted molar refractivity (Wildman–Crippen MR) is 114 cm³/mol. The number of hydrogen-bond donors (Lipinski definition) is 2. The lowest BCUT2D eigenvalue weighted by Gasteiger charge is -2.49. The molecule has 7 heteroatoms. The third-order valence-electron chi connectivity index (χ3n) is 6.34. The molecule has 0 aliphatic carbocycles. The number of carbonyl (C=O) groups excluding carboxylic acids is 1. The van der Waals surface area contributed by atoms with Gasteiger partial charge in [-0.15, -0.1) is 5.10 Å². The van der Waals surface area contributed by atoms with Crippen LogP contribution >= 0.6 is 0 Å². The predicted octanol–water partition coefficient (Wildman–Crippen LogP) is 3.00. The third kappa shape index (κ3) is 3.80. The average Bonchev–Trinajstić information content (AvgIpc) is 3.23. The van der Waals surface area contributed by atoms with Crippen LogP contribution in [0.3, 0.4) is 0 Å². The Labute approximate surface area is 175 Å². The lowest BCUT2D eigenvalue weighted by atomic mass is 9.75. The Morgan fingerprint density at radius 3 is 2.80 bits per heavy atom. The highest BCUT2D eigenvalue weighted by Gasteiger charge is 2.43. The summed E-state index contributed by atoms with van der Waals surface area (Å²) < 4.78 is 1.88. The largest absolute Gasteiger partial charge is 0.508 e. The minimum Gasteiger partial charge on any atom is -0.508 e. The van der Waals surface area contributed by atoms with Crippen molar-refractivity contribution in [3.05, 3.63) is 60.8 Å². The molecular formula is C23H25N5O2. The second-order valence-corrected chi connectivity index (χ2v) is 8.27. The summed E-state index contributed by atoms with van der Waals surface area (Å²) in [6.07, 6.45) is 3.99. The zero-order valence-electron chi connectivity index (χ0n) is 16.7. The maximum absolute atomic E-state index is 12.8. The molecular weight excluding hydrogens is 378 g/mol. The van der Waals surface area contributed by atoms with Gasteiger partial charge in [0, 0.05) is 23.8 Å². The van der Waals surface area contributed by atoms with Gasteiger partial charge in [0.15, 0.2) is 0 Å². The van der Waals surface area contributed by atoms with Gasteiger partial charge in [0.1, 0.15) is 11.4 Å². The van der Waals surface area contributed by atoms with Crippen molar-refractivity contribution in [2.75, 3.05) is 18.4 Å². The van der Waals surface area contributed by atoms with Crippen molar-refractivity contribution in [1.82, 2.24) is 19.9 Å². The molecule has 3 aliphatic heterocycles. The highest BCUT2D eigenvalue weighted by Crippen LogP contribution is 2.37. The zero-order chi connectivity index (χ0) is 20.5.